The molecule has 78 valence electrons. The molecule has 0 radical (unpaired) electrons. The summed E-state index contributed by atoms with van der Waals surface area (Å²) < 4.78 is 5.09. The summed E-state index contributed by atoms with van der Waals surface area (Å²) in [4.78, 5) is 0. The Hall–Kier alpha value is -1.97. The molecule has 3 N–H and O–H groups in total. The first-order valence-electron chi connectivity index (χ1n) is 4.70. The maximum atomic E-state index is 5.90. The second-order valence-corrected chi connectivity index (χ2v) is 3.32. The van der Waals surface area contributed by atoms with Gasteiger partial charge in [0.05, 0.1) is 7.11 Å². The Kier molecular flexibility index (Phi) is 2.58. The van der Waals surface area contributed by atoms with Gasteiger partial charge in [0.15, 0.2) is 0 Å². The third kappa shape index (κ3) is 2.10. The molecule has 1 heterocycles. The molecular formula is C11H13N3O. The third-order valence-electron chi connectivity index (χ3n) is 2.29. The van der Waals surface area contributed by atoms with E-state index in [1.54, 1.807) is 13.3 Å². The van der Waals surface area contributed by atoms with E-state index in [4.69, 9.17) is 10.5 Å². The minimum Gasteiger partial charge on any atom is -0.497 e. The first-order chi connectivity index (χ1) is 7.29. The third-order valence-corrected chi connectivity index (χ3v) is 2.29. The van der Waals surface area contributed by atoms with Crippen molar-refractivity contribution in [3.8, 4) is 5.75 Å². The molecule has 2 rings (SSSR count). The monoisotopic (exact) mass is 203 g/mol. The van der Waals surface area contributed by atoms with Crippen molar-refractivity contribution in [2.24, 2.45) is 0 Å². The number of nitrogens with one attached hydrogen (secondary N) is 1. The van der Waals surface area contributed by atoms with E-state index in [2.05, 4.69) is 10.2 Å². The summed E-state index contributed by atoms with van der Waals surface area (Å²) in [6.45, 7) is 0. The van der Waals surface area contributed by atoms with Gasteiger partial charge in [-0.05, 0) is 17.7 Å². The van der Waals surface area contributed by atoms with Gasteiger partial charge in [-0.25, -0.2) is 0 Å². The van der Waals surface area contributed by atoms with Gasteiger partial charge in [-0.3, -0.25) is 5.10 Å². The highest BCUT2D eigenvalue weighted by atomic mass is 16.5. The predicted molar refractivity (Wildman–Crippen MR) is 58.8 cm³/mol. The van der Waals surface area contributed by atoms with Crippen molar-refractivity contribution < 1.29 is 4.74 Å². The Bertz CT molecular complexity index is 437. The Morgan fingerprint density at radius 2 is 2.27 bits per heavy atom. The molecule has 0 fully saturated rings. The van der Waals surface area contributed by atoms with Crippen LogP contribution in [0.5, 0.6) is 5.75 Å². The second kappa shape index (κ2) is 4.04. The molecule has 2 aromatic rings. The highest BCUT2D eigenvalue weighted by Gasteiger charge is 2.03. The normalized spacial score (nSPS) is 10.2. The molecule has 0 saturated carbocycles. The van der Waals surface area contributed by atoms with Crippen LogP contribution in [-0.2, 0) is 6.42 Å². The fourth-order valence-corrected chi connectivity index (χ4v) is 1.45. The summed E-state index contributed by atoms with van der Waals surface area (Å²) in [7, 11) is 1.63. The van der Waals surface area contributed by atoms with Crippen LogP contribution in [0.3, 0.4) is 0 Å². The van der Waals surface area contributed by atoms with Gasteiger partial charge in [0, 0.05) is 30.1 Å². The van der Waals surface area contributed by atoms with Gasteiger partial charge in [-0.1, -0.05) is 6.07 Å². The number of ether oxygens (including phenoxy) is 1. The van der Waals surface area contributed by atoms with Crippen molar-refractivity contribution in [3.63, 3.8) is 0 Å². The van der Waals surface area contributed by atoms with Crippen molar-refractivity contribution in [1.82, 2.24) is 10.2 Å². The number of hydrogen-bond acceptors (Lipinski definition) is 3. The second-order valence-electron chi connectivity index (χ2n) is 3.32. The molecule has 0 spiro atoms. The number of aromatic amines is 1. The quantitative estimate of drug-likeness (QED) is 0.744. The van der Waals surface area contributed by atoms with Crippen molar-refractivity contribution in [3.05, 3.63) is 41.7 Å². The van der Waals surface area contributed by atoms with Gasteiger partial charge in [0.2, 0.25) is 0 Å². The largest absolute Gasteiger partial charge is 0.497 e. The van der Waals surface area contributed by atoms with Gasteiger partial charge in [-0.2, -0.15) is 5.10 Å². The zero-order valence-electron chi connectivity index (χ0n) is 8.53. The van der Waals surface area contributed by atoms with E-state index in [9.17, 15) is 0 Å². The number of methoxy groups -OCH3 is 1. The van der Waals surface area contributed by atoms with Gasteiger partial charge >= 0.3 is 0 Å². The van der Waals surface area contributed by atoms with E-state index >= 15 is 0 Å². The lowest BCUT2D eigenvalue weighted by Gasteiger charge is -2.06. The standard InChI is InChI=1S/C11H13N3O/c1-15-10-3-2-8(11(12)7-10)6-9-4-5-13-14-9/h2-5,7H,6,12H2,1H3,(H,13,14). The van der Waals surface area contributed by atoms with Crippen LogP contribution in [0.25, 0.3) is 0 Å². The average molecular weight is 203 g/mol. The van der Waals surface area contributed by atoms with Crippen LogP contribution in [0, 0.1) is 0 Å². The van der Waals surface area contributed by atoms with Crippen molar-refractivity contribution in [2.45, 2.75) is 6.42 Å². The summed E-state index contributed by atoms with van der Waals surface area (Å²) in [5.41, 5.74) is 8.76. The van der Waals surface area contributed by atoms with E-state index in [1.165, 1.54) is 0 Å². The van der Waals surface area contributed by atoms with E-state index in [0.717, 1.165) is 29.1 Å². The van der Waals surface area contributed by atoms with E-state index in [1.807, 2.05) is 24.3 Å². The summed E-state index contributed by atoms with van der Waals surface area (Å²) in [5.74, 6) is 0.779. The molecule has 0 saturated heterocycles. The van der Waals surface area contributed by atoms with Gasteiger partial charge < -0.3 is 10.5 Å². The molecule has 0 aliphatic rings. The van der Waals surface area contributed by atoms with E-state index in [0.29, 0.717) is 0 Å². The minimum absolute atomic E-state index is 0.740. The van der Waals surface area contributed by atoms with Crippen LogP contribution < -0.4 is 10.5 Å². The van der Waals surface area contributed by atoms with E-state index in [-0.39, 0.29) is 0 Å². The first kappa shape index (κ1) is 9.58. The lowest BCUT2D eigenvalue weighted by molar-refractivity contribution is 0.415. The maximum absolute atomic E-state index is 5.90. The number of hydrogen-bond donors (Lipinski definition) is 2. The van der Waals surface area contributed by atoms with Crippen LogP contribution in [-0.4, -0.2) is 17.3 Å². The summed E-state index contributed by atoms with van der Waals surface area (Å²) in [5, 5.41) is 6.80. The highest BCUT2D eigenvalue weighted by Crippen LogP contribution is 2.21. The first-order valence-corrected chi connectivity index (χ1v) is 4.70. The van der Waals surface area contributed by atoms with Crippen LogP contribution in [0.1, 0.15) is 11.3 Å². The number of anilines is 1. The lowest BCUT2D eigenvalue weighted by atomic mass is 10.1. The molecule has 4 heteroatoms. The van der Waals surface area contributed by atoms with Gasteiger partial charge in [0.1, 0.15) is 5.75 Å². The summed E-state index contributed by atoms with van der Waals surface area (Å²) >= 11 is 0. The lowest BCUT2D eigenvalue weighted by Crippen LogP contribution is -1.97. The van der Waals surface area contributed by atoms with Gasteiger partial charge in [-0.15, -0.1) is 0 Å². The van der Waals surface area contributed by atoms with Crippen molar-refractivity contribution in [2.75, 3.05) is 12.8 Å². The van der Waals surface area contributed by atoms with Crippen molar-refractivity contribution >= 4 is 5.69 Å². The fraction of sp³-hybridized carbons (Fsp3) is 0.182. The molecule has 0 bridgehead atoms. The van der Waals surface area contributed by atoms with Crippen LogP contribution in [0.4, 0.5) is 5.69 Å². The predicted octanol–water partition coefficient (Wildman–Crippen LogP) is 1.59. The molecule has 15 heavy (non-hydrogen) atoms. The Morgan fingerprint density at radius 3 is 2.87 bits per heavy atom. The maximum Gasteiger partial charge on any atom is 0.120 e. The number of nitrogens with two attached hydrogens (primary N) is 1. The number of H-pyrrole nitrogens is 1. The molecular weight excluding hydrogens is 190 g/mol. The Morgan fingerprint density at radius 1 is 1.40 bits per heavy atom. The number of rotatable bonds is 3. The molecule has 0 aliphatic carbocycles. The summed E-state index contributed by atoms with van der Waals surface area (Å²) in [6, 6.07) is 7.63. The number of nitrogen functional groups attached to an aromatic ring is 1. The van der Waals surface area contributed by atoms with Crippen molar-refractivity contribution in [1.29, 1.82) is 0 Å². The minimum atomic E-state index is 0.740. The molecule has 0 aliphatic heterocycles. The number of benzene rings is 1. The van der Waals surface area contributed by atoms with Crippen LogP contribution in [0.2, 0.25) is 0 Å². The van der Waals surface area contributed by atoms with Crippen LogP contribution in [0.15, 0.2) is 30.5 Å². The molecule has 4 nitrogen and oxygen atoms in total. The molecule has 0 atom stereocenters. The molecule has 0 unspecified atom stereocenters. The van der Waals surface area contributed by atoms with Gasteiger partial charge in [0.25, 0.3) is 0 Å². The zero-order valence-corrected chi connectivity index (χ0v) is 8.53. The fourth-order valence-electron chi connectivity index (χ4n) is 1.45. The Balaban J connectivity index is 2.22. The molecule has 1 aromatic carbocycles. The number of nitrogens with zero attached hydrogens (tertiary/aromatic N) is 1. The van der Waals surface area contributed by atoms with Crippen LogP contribution >= 0.6 is 0 Å². The highest BCUT2D eigenvalue weighted by molar-refractivity contribution is 5.52. The topological polar surface area (TPSA) is 63.9 Å². The molecule has 1 aromatic heterocycles. The summed E-state index contributed by atoms with van der Waals surface area (Å²) in [6.07, 6.45) is 2.49. The zero-order chi connectivity index (χ0) is 10.7. The number of aromatic nitrogens is 2. The Labute approximate surface area is 88.1 Å². The average Bonchev–Trinajstić information content (AvgIpc) is 2.74. The SMILES string of the molecule is COc1ccc(Cc2ccn[nH]2)c(N)c1. The molecule has 0 amide bonds. The van der Waals surface area contributed by atoms with E-state index < -0.39 is 0 Å². The smallest absolute Gasteiger partial charge is 0.120 e.